The van der Waals surface area contributed by atoms with Crippen molar-refractivity contribution in [1.82, 2.24) is 0 Å². The molecule has 0 aromatic heterocycles. The van der Waals surface area contributed by atoms with E-state index in [-0.39, 0.29) is 17.2 Å². The molecule has 0 fully saturated rings. The van der Waals surface area contributed by atoms with Crippen LogP contribution in [0.4, 0.5) is 4.39 Å². The largest absolute Gasteiger partial charge is 0.462 e. The lowest BCUT2D eigenvalue weighted by molar-refractivity contribution is 0.0497. The SMILES string of the molecule is C=C(C(C)=C(F)c1ccc(C(=O)OCCCCCC)cc1C)C1=C(C)CCCC1(C)C. The molecule has 31 heavy (non-hydrogen) atoms. The average Bonchev–Trinajstić information content (AvgIpc) is 2.71. The fraction of sp³-hybridized carbons (Fsp3) is 0.536. The summed E-state index contributed by atoms with van der Waals surface area (Å²) in [5, 5.41) is 0. The van der Waals surface area contributed by atoms with Gasteiger partial charge in [0.05, 0.1) is 12.2 Å². The molecule has 0 heterocycles. The number of carbonyl (C=O) groups excluding carboxylic acids is 1. The number of benzene rings is 1. The topological polar surface area (TPSA) is 26.3 Å². The van der Waals surface area contributed by atoms with Crippen LogP contribution in [-0.2, 0) is 4.74 Å². The first-order valence-electron chi connectivity index (χ1n) is 11.6. The third-order valence-corrected chi connectivity index (χ3v) is 6.47. The summed E-state index contributed by atoms with van der Waals surface area (Å²) in [6.45, 7) is 17.1. The zero-order chi connectivity index (χ0) is 23.2. The molecule has 170 valence electrons. The molecule has 0 N–H and O–H groups in total. The lowest BCUT2D eigenvalue weighted by Crippen LogP contribution is -2.22. The van der Waals surface area contributed by atoms with Crippen molar-refractivity contribution < 1.29 is 13.9 Å². The van der Waals surface area contributed by atoms with E-state index >= 15 is 4.39 Å². The quantitative estimate of drug-likeness (QED) is 0.225. The first-order valence-corrected chi connectivity index (χ1v) is 11.6. The number of esters is 1. The molecule has 1 aliphatic rings. The van der Waals surface area contributed by atoms with Crippen LogP contribution in [0.15, 0.2) is 47.1 Å². The summed E-state index contributed by atoms with van der Waals surface area (Å²) in [4.78, 5) is 12.3. The van der Waals surface area contributed by atoms with Gasteiger partial charge in [-0.05, 0) is 86.3 Å². The Labute approximate surface area is 188 Å². The molecule has 2 nitrogen and oxygen atoms in total. The van der Waals surface area contributed by atoms with Gasteiger partial charge < -0.3 is 4.74 Å². The summed E-state index contributed by atoms with van der Waals surface area (Å²) in [5.74, 6) is -0.620. The Morgan fingerprint density at radius 1 is 1.19 bits per heavy atom. The number of unbranched alkanes of at least 4 members (excludes halogenated alkanes) is 3. The third kappa shape index (κ3) is 6.18. The van der Waals surface area contributed by atoms with Crippen LogP contribution < -0.4 is 0 Å². The van der Waals surface area contributed by atoms with E-state index in [1.807, 2.05) is 6.92 Å². The van der Waals surface area contributed by atoms with Crippen LogP contribution in [0.5, 0.6) is 0 Å². The number of halogens is 1. The minimum Gasteiger partial charge on any atom is -0.462 e. The number of aryl methyl sites for hydroxylation is 1. The highest BCUT2D eigenvalue weighted by Gasteiger charge is 2.31. The second kappa shape index (κ2) is 10.9. The first kappa shape index (κ1) is 25.1. The normalized spacial score (nSPS) is 16.7. The summed E-state index contributed by atoms with van der Waals surface area (Å²) < 4.78 is 20.9. The predicted octanol–water partition coefficient (Wildman–Crippen LogP) is 8.52. The van der Waals surface area contributed by atoms with Gasteiger partial charge in [0.15, 0.2) is 0 Å². The van der Waals surface area contributed by atoms with Crippen molar-refractivity contribution in [2.24, 2.45) is 5.41 Å². The monoisotopic (exact) mass is 426 g/mol. The highest BCUT2D eigenvalue weighted by atomic mass is 19.1. The molecular formula is C28H39FO2. The van der Waals surface area contributed by atoms with Gasteiger partial charge in [-0.3, -0.25) is 0 Å². The highest BCUT2D eigenvalue weighted by Crippen LogP contribution is 2.46. The zero-order valence-electron chi connectivity index (χ0n) is 20.3. The van der Waals surface area contributed by atoms with E-state index in [1.54, 1.807) is 25.1 Å². The number of allylic oxidation sites excluding steroid dienone is 4. The van der Waals surface area contributed by atoms with Crippen molar-refractivity contribution in [3.05, 3.63) is 63.8 Å². The van der Waals surface area contributed by atoms with E-state index in [1.165, 1.54) is 11.1 Å². The van der Waals surface area contributed by atoms with Crippen molar-refractivity contribution in [2.75, 3.05) is 6.61 Å². The van der Waals surface area contributed by atoms with Gasteiger partial charge in [-0.15, -0.1) is 0 Å². The molecule has 0 atom stereocenters. The Kier molecular flexibility index (Phi) is 8.85. The van der Waals surface area contributed by atoms with Gasteiger partial charge in [-0.2, -0.15) is 0 Å². The highest BCUT2D eigenvalue weighted by molar-refractivity contribution is 5.90. The summed E-state index contributed by atoms with van der Waals surface area (Å²) in [7, 11) is 0. The van der Waals surface area contributed by atoms with Crippen molar-refractivity contribution in [1.29, 1.82) is 0 Å². The Bertz CT molecular complexity index is 886. The summed E-state index contributed by atoms with van der Waals surface area (Å²) in [6.07, 6.45) is 7.52. The summed E-state index contributed by atoms with van der Waals surface area (Å²) >= 11 is 0. The number of hydrogen-bond donors (Lipinski definition) is 0. The maximum atomic E-state index is 15.5. The van der Waals surface area contributed by atoms with Crippen molar-refractivity contribution >= 4 is 11.8 Å². The second-order valence-corrected chi connectivity index (χ2v) is 9.54. The van der Waals surface area contributed by atoms with Crippen LogP contribution >= 0.6 is 0 Å². The van der Waals surface area contributed by atoms with Crippen molar-refractivity contribution in [2.45, 2.75) is 86.5 Å². The molecule has 0 aliphatic heterocycles. The van der Waals surface area contributed by atoms with Crippen molar-refractivity contribution in [3.8, 4) is 0 Å². The fourth-order valence-corrected chi connectivity index (χ4v) is 4.63. The van der Waals surface area contributed by atoms with Gasteiger partial charge in [0, 0.05) is 5.56 Å². The van der Waals surface area contributed by atoms with Crippen molar-refractivity contribution in [3.63, 3.8) is 0 Å². The Morgan fingerprint density at radius 3 is 2.52 bits per heavy atom. The molecule has 0 spiro atoms. The van der Waals surface area contributed by atoms with E-state index in [0.717, 1.165) is 56.1 Å². The Morgan fingerprint density at radius 2 is 1.90 bits per heavy atom. The Hall–Kier alpha value is -2.16. The van der Waals surface area contributed by atoms with Gasteiger partial charge in [0.2, 0.25) is 0 Å². The van der Waals surface area contributed by atoms with Crippen LogP contribution in [0.1, 0.15) is 101 Å². The molecule has 0 radical (unpaired) electrons. The lowest BCUT2D eigenvalue weighted by atomic mass is 9.69. The van der Waals surface area contributed by atoms with Crippen LogP contribution in [-0.4, -0.2) is 12.6 Å². The minimum atomic E-state index is -0.346. The Balaban J connectivity index is 2.21. The predicted molar refractivity (Wildman–Crippen MR) is 129 cm³/mol. The van der Waals surface area contributed by atoms with Gasteiger partial charge >= 0.3 is 5.97 Å². The molecule has 3 heteroatoms. The summed E-state index contributed by atoms with van der Waals surface area (Å²) in [6, 6.07) is 5.05. The fourth-order valence-electron chi connectivity index (χ4n) is 4.63. The molecule has 2 rings (SSSR count). The lowest BCUT2D eigenvalue weighted by Gasteiger charge is -2.36. The number of carbonyl (C=O) groups is 1. The van der Waals surface area contributed by atoms with Crippen LogP contribution in [0.2, 0.25) is 0 Å². The summed E-state index contributed by atoms with van der Waals surface area (Å²) in [5.41, 5.74) is 5.54. The molecule has 1 aliphatic carbocycles. The number of hydrogen-bond acceptors (Lipinski definition) is 2. The van der Waals surface area contributed by atoms with Crippen LogP contribution in [0, 0.1) is 12.3 Å². The van der Waals surface area contributed by atoms with Crippen LogP contribution in [0.3, 0.4) is 0 Å². The van der Waals surface area contributed by atoms with Gasteiger partial charge in [-0.25, -0.2) is 9.18 Å². The molecule has 0 saturated heterocycles. The molecular weight excluding hydrogens is 387 g/mol. The average molecular weight is 427 g/mol. The molecule has 1 aromatic carbocycles. The maximum Gasteiger partial charge on any atom is 0.338 e. The van der Waals surface area contributed by atoms with E-state index in [2.05, 4.69) is 34.3 Å². The van der Waals surface area contributed by atoms with Gasteiger partial charge in [0.1, 0.15) is 5.83 Å². The maximum absolute atomic E-state index is 15.5. The van der Waals surface area contributed by atoms with E-state index in [9.17, 15) is 4.79 Å². The molecule has 0 amide bonds. The standard InChI is InChI=1S/C28H39FO2/c1-8-9-10-11-17-31-27(30)23-14-15-24(20(3)18-23)26(29)22(5)21(4)25-19(2)13-12-16-28(25,6)7/h14-15,18H,4,8-13,16-17H2,1-3,5-7H3. The number of ether oxygens (including phenoxy) is 1. The smallest absolute Gasteiger partial charge is 0.338 e. The van der Waals surface area contributed by atoms with Gasteiger partial charge in [-0.1, -0.05) is 58.3 Å². The van der Waals surface area contributed by atoms with Crippen LogP contribution in [0.25, 0.3) is 5.83 Å². The molecule has 0 bridgehead atoms. The number of rotatable bonds is 9. The minimum absolute atomic E-state index is 0.000740. The van der Waals surface area contributed by atoms with E-state index in [0.29, 0.717) is 23.3 Å². The molecule has 1 aromatic rings. The van der Waals surface area contributed by atoms with Gasteiger partial charge in [0.25, 0.3) is 0 Å². The first-order chi connectivity index (χ1) is 14.6. The van der Waals surface area contributed by atoms with E-state index in [4.69, 9.17) is 4.74 Å². The molecule has 0 saturated carbocycles. The third-order valence-electron chi connectivity index (χ3n) is 6.47. The second-order valence-electron chi connectivity index (χ2n) is 9.54. The van der Waals surface area contributed by atoms with E-state index < -0.39 is 0 Å². The zero-order valence-corrected chi connectivity index (χ0v) is 20.3. The molecule has 0 unspecified atom stereocenters.